The van der Waals surface area contributed by atoms with Crippen molar-refractivity contribution in [2.75, 3.05) is 13.7 Å². The molecule has 0 amide bonds. The van der Waals surface area contributed by atoms with Crippen LogP contribution in [0, 0.1) is 0 Å². The number of hydrogen-bond acceptors (Lipinski definition) is 3. The first-order valence-corrected chi connectivity index (χ1v) is 7.69. The van der Waals surface area contributed by atoms with Crippen molar-refractivity contribution in [1.82, 2.24) is 0 Å². The van der Waals surface area contributed by atoms with Crippen LogP contribution in [0.5, 0.6) is 0 Å². The standard InChI is InChI=1S/C18H26O3/c1-20-18(19)14-10-5-3-2-4-6-11-15-21-16-17-12-8-7-9-13-17/h7-10,12-14H,2-6,11,15-16H2,1H3/b14-10+. The Morgan fingerprint density at radius 3 is 2.52 bits per heavy atom. The summed E-state index contributed by atoms with van der Waals surface area (Å²) >= 11 is 0. The molecule has 0 aromatic heterocycles. The second kappa shape index (κ2) is 12.2. The Labute approximate surface area is 128 Å². The van der Waals surface area contributed by atoms with Crippen LogP contribution in [0.4, 0.5) is 0 Å². The predicted molar refractivity (Wildman–Crippen MR) is 85.0 cm³/mol. The Morgan fingerprint density at radius 2 is 1.76 bits per heavy atom. The van der Waals surface area contributed by atoms with E-state index >= 15 is 0 Å². The van der Waals surface area contributed by atoms with Gasteiger partial charge in [-0.15, -0.1) is 0 Å². The van der Waals surface area contributed by atoms with Gasteiger partial charge in [-0.1, -0.05) is 55.7 Å². The van der Waals surface area contributed by atoms with Gasteiger partial charge >= 0.3 is 5.97 Å². The molecular formula is C18H26O3. The van der Waals surface area contributed by atoms with Gasteiger partial charge in [0.1, 0.15) is 0 Å². The summed E-state index contributed by atoms with van der Waals surface area (Å²) in [5.41, 5.74) is 1.23. The van der Waals surface area contributed by atoms with Crippen molar-refractivity contribution >= 4 is 5.97 Å². The third-order valence-electron chi connectivity index (χ3n) is 3.23. The van der Waals surface area contributed by atoms with E-state index < -0.39 is 0 Å². The van der Waals surface area contributed by atoms with Gasteiger partial charge in [-0.2, -0.15) is 0 Å². The lowest BCUT2D eigenvalue weighted by atomic mass is 10.1. The van der Waals surface area contributed by atoms with Crippen LogP contribution < -0.4 is 0 Å². The molecule has 0 aliphatic heterocycles. The van der Waals surface area contributed by atoms with Gasteiger partial charge in [-0.05, 0) is 24.8 Å². The lowest BCUT2D eigenvalue weighted by molar-refractivity contribution is -0.134. The molecule has 21 heavy (non-hydrogen) atoms. The Hall–Kier alpha value is -1.61. The highest BCUT2D eigenvalue weighted by Gasteiger charge is 1.94. The summed E-state index contributed by atoms with van der Waals surface area (Å²) < 4.78 is 10.2. The van der Waals surface area contributed by atoms with E-state index in [0.717, 1.165) is 25.9 Å². The molecule has 0 aliphatic rings. The molecule has 1 rings (SSSR count). The second-order valence-electron chi connectivity index (χ2n) is 5.02. The van der Waals surface area contributed by atoms with E-state index in [-0.39, 0.29) is 5.97 Å². The topological polar surface area (TPSA) is 35.5 Å². The van der Waals surface area contributed by atoms with Crippen LogP contribution in [-0.4, -0.2) is 19.7 Å². The first-order valence-electron chi connectivity index (χ1n) is 7.69. The van der Waals surface area contributed by atoms with Crippen LogP contribution >= 0.6 is 0 Å². The van der Waals surface area contributed by atoms with Crippen molar-refractivity contribution in [2.45, 2.75) is 45.1 Å². The third-order valence-corrected chi connectivity index (χ3v) is 3.23. The predicted octanol–water partition coefficient (Wildman–Crippen LogP) is 4.27. The maximum Gasteiger partial charge on any atom is 0.330 e. The lowest BCUT2D eigenvalue weighted by Gasteiger charge is -2.04. The number of methoxy groups -OCH3 is 1. The van der Waals surface area contributed by atoms with E-state index in [1.54, 1.807) is 0 Å². The van der Waals surface area contributed by atoms with Crippen LogP contribution in [0.15, 0.2) is 42.5 Å². The molecule has 116 valence electrons. The van der Waals surface area contributed by atoms with Crippen molar-refractivity contribution < 1.29 is 14.3 Å². The van der Waals surface area contributed by atoms with E-state index in [1.807, 2.05) is 24.3 Å². The minimum absolute atomic E-state index is 0.273. The number of hydrogen-bond donors (Lipinski definition) is 0. The average Bonchev–Trinajstić information content (AvgIpc) is 2.53. The number of esters is 1. The molecule has 0 aliphatic carbocycles. The number of carbonyl (C=O) groups is 1. The molecule has 0 bridgehead atoms. The second-order valence-corrected chi connectivity index (χ2v) is 5.02. The molecule has 0 fully saturated rings. The van der Waals surface area contributed by atoms with Crippen LogP contribution in [0.1, 0.15) is 44.1 Å². The summed E-state index contributed by atoms with van der Waals surface area (Å²) in [6.07, 6.45) is 10.2. The van der Waals surface area contributed by atoms with Gasteiger partial charge in [0.2, 0.25) is 0 Å². The highest BCUT2D eigenvalue weighted by Crippen LogP contribution is 2.07. The van der Waals surface area contributed by atoms with Gasteiger partial charge in [0.15, 0.2) is 0 Å². The quantitative estimate of drug-likeness (QED) is 0.347. The zero-order valence-corrected chi connectivity index (χ0v) is 12.9. The van der Waals surface area contributed by atoms with E-state index in [0.29, 0.717) is 6.61 Å². The van der Waals surface area contributed by atoms with Crippen molar-refractivity contribution in [1.29, 1.82) is 0 Å². The highest BCUT2D eigenvalue weighted by atomic mass is 16.5. The van der Waals surface area contributed by atoms with Gasteiger partial charge in [-0.3, -0.25) is 0 Å². The van der Waals surface area contributed by atoms with Crippen LogP contribution in [-0.2, 0) is 20.9 Å². The molecular weight excluding hydrogens is 264 g/mol. The van der Waals surface area contributed by atoms with Crippen molar-refractivity contribution in [3.63, 3.8) is 0 Å². The van der Waals surface area contributed by atoms with E-state index in [9.17, 15) is 4.79 Å². The monoisotopic (exact) mass is 290 g/mol. The average molecular weight is 290 g/mol. The van der Waals surface area contributed by atoms with Crippen molar-refractivity contribution in [3.05, 3.63) is 48.0 Å². The van der Waals surface area contributed by atoms with Gasteiger partial charge in [0.05, 0.1) is 13.7 Å². The normalized spacial score (nSPS) is 10.9. The number of rotatable bonds is 11. The Balaban J connectivity index is 1.85. The molecule has 0 saturated heterocycles. The fourth-order valence-electron chi connectivity index (χ4n) is 2.01. The molecule has 0 spiro atoms. The Morgan fingerprint density at radius 1 is 1.05 bits per heavy atom. The lowest BCUT2D eigenvalue weighted by Crippen LogP contribution is -1.95. The molecule has 0 N–H and O–H groups in total. The minimum atomic E-state index is -0.273. The molecule has 1 aromatic rings. The molecule has 3 nitrogen and oxygen atoms in total. The first kappa shape index (κ1) is 17.4. The first-order chi connectivity index (χ1) is 10.3. The van der Waals surface area contributed by atoms with E-state index in [2.05, 4.69) is 16.9 Å². The third kappa shape index (κ3) is 9.85. The van der Waals surface area contributed by atoms with Gasteiger partial charge < -0.3 is 9.47 Å². The molecule has 3 heteroatoms. The summed E-state index contributed by atoms with van der Waals surface area (Å²) in [7, 11) is 1.40. The summed E-state index contributed by atoms with van der Waals surface area (Å²) in [5, 5.41) is 0. The van der Waals surface area contributed by atoms with Gasteiger partial charge in [0, 0.05) is 12.7 Å². The summed E-state index contributed by atoms with van der Waals surface area (Å²) in [6.45, 7) is 1.54. The van der Waals surface area contributed by atoms with E-state index in [1.165, 1.54) is 38.0 Å². The maximum atomic E-state index is 10.8. The zero-order valence-electron chi connectivity index (χ0n) is 12.9. The number of benzene rings is 1. The molecule has 0 saturated carbocycles. The maximum absolute atomic E-state index is 10.8. The Kier molecular flexibility index (Phi) is 10.1. The molecule has 0 unspecified atom stereocenters. The van der Waals surface area contributed by atoms with Crippen molar-refractivity contribution in [2.24, 2.45) is 0 Å². The summed E-state index contributed by atoms with van der Waals surface area (Å²) in [6, 6.07) is 10.3. The smallest absolute Gasteiger partial charge is 0.330 e. The van der Waals surface area contributed by atoms with Crippen LogP contribution in [0.25, 0.3) is 0 Å². The van der Waals surface area contributed by atoms with E-state index in [4.69, 9.17) is 4.74 Å². The zero-order chi connectivity index (χ0) is 15.2. The fourth-order valence-corrected chi connectivity index (χ4v) is 2.01. The number of carbonyl (C=O) groups excluding carboxylic acids is 1. The van der Waals surface area contributed by atoms with Gasteiger partial charge in [0.25, 0.3) is 0 Å². The number of ether oxygens (including phenoxy) is 2. The van der Waals surface area contributed by atoms with Crippen molar-refractivity contribution in [3.8, 4) is 0 Å². The highest BCUT2D eigenvalue weighted by molar-refractivity contribution is 5.81. The molecule has 0 heterocycles. The molecule has 1 aromatic carbocycles. The van der Waals surface area contributed by atoms with Crippen LogP contribution in [0.2, 0.25) is 0 Å². The SMILES string of the molecule is COC(=O)/C=C/CCCCCCCOCc1ccccc1. The molecule has 0 atom stereocenters. The largest absolute Gasteiger partial charge is 0.466 e. The minimum Gasteiger partial charge on any atom is -0.466 e. The fraction of sp³-hybridized carbons (Fsp3) is 0.500. The Bertz CT molecular complexity index is 398. The van der Waals surface area contributed by atoms with Crippen LogP contribution in [0.3, 0.4) is 0 Å². The number of unbranched alkanes of at least 4 members (excludes halogenated alkanes) is 5. The van der Waals surface area contributed by atoms with Gasteiger partial charge in [-0.25, -0.2) is 4.79 Å². The summed E-state index contributed by atoms with van der Waals surface area (Å²) in [4.78, 5) is 10.8. The molecule has 0 radical (unpaired) electrons. The number of allylic oxidation sites excluding steroid dienone is 1. The summed E-state index contributed by atoms with van der Waals surface area (Å²) in [5.74, 6) is -0.273.